The Kier molecular flexibility index (Phi) is 5.01. The van der Waals surface area contributed by atoms with Crippen LogP contribution in [0.3, 0.4) is 0 Å². The highest BCUT2D eigenvalue weighted by atomic mass is 16.5. The number of hydrogen-bond acceptors (Lipinski definition) is 5. The predicted molar refractivity (Wildman–Crippen MR) is 75.7 cm³/mol. The van der Waals surface area contributed by atoms with Crippen LogP contribution in [-0.4, -0.2) is 11.8 Å². The summed E-state index contributed by atoms with van der Waals surface area (Å²) in [5.74, 6) is 2.28. The zero-order valence-electron chi connectivity index (χ0n) is 11.9. The van der Waals surface area contributed by atoms with Crippen molar-refractivity contribution in [3.63, 3.8) is 0 Å². The van der Waals surface area contributed by atoms with Gasteiger partial charge in [0.2, 0.25) is 0 Å². The van der Waals surface area contributed by atoms with E-state index in [1.165, 1.54) is 0 Å². The minimum Gasteiger partial charge on any atom is -0.493 e. The maximum absolute atomic E-state index is 5.77. The van der Waals surface area contributed by atoms with Crippen LogP contribution in [0.15, 0.2) is 28.8 Å². The minimum absolute atomic E-state index is 0.349. The molecule has 0 aliphatic heterocycles. The fraction of sp³-hybridized carbons (Fsp3) is 0.400. The first-order valence-electron chi connectivity index (χ1n) is 6.73. The molecule has 2 rings (SSSR count). The molecule has 2 aromatic rings. The van der Waals surface area contributed by atoms with Crippen molar-refractivity contribution in [3.05, 3.63) is 41.3 Å². The molecular weight excluding hydrogens is 256 g/mol. The van der Waals surface area contributed by atoms with Gasteiger partial charge in [-0.15, -0.1) is 0 Å². The second-order valence-electron chi connectivity index (χ2n) is 4.54. The molecule has 0 spiro atoms. The first kappa shape index (κ1) is 14.4. The highest BCUT2D eigenvalue weighted by Gasteiger charge is 2.07. The lowest BCUT2D eigenvalue weighted by molar-refractivity contribution is 0.279. The monoisotopic (exact) mass is 276 g/mol. The molecule has 108 valence electrons. The summed E-state index contributed by atoms with van der Waals surface area (Å²) in [6, 6.07) is 7.55. The minimum atomic E-state index is 0.349. The lowest BCUT2D eigenvalue weighted by atomic mass is 10.2. The van der Waals surface area contributed by atoms with Gasteiger partial charge in [0.25, 0.3) is 0 Å². The molecule has 1 aromatic heterocycles. The van der Waals surface area contributed by atoms with Crippen molar-refractivity contribution in [3.8, 4) is 11.5 Å². The summed E-state index contributed by atoms with van der Waals surface area (Å²) in [4.78, 5) is 0. The lowest BCUT2D eigenvalue weighted by Gasteiger charge is -2.12. The Morgan fingerprint density at radius 1 is 1.25 bits per heavy atom. The van der Waals surface area contributed by atoms with Crippen molar-refractivity contribution in [1.29, 1.82) is 0 Å². The number of aryl methyl sites for hydroxylation is 1. The second kappa shape index (κ2) is 6.96. The molecule has 0 fully saturated rings. The number of nitrogens with two attached hydrogens (primary N) is 1. The predicted octanol–water partition coefficient (Wildman–Crippen LogP) is 2.81. The van der Waals surface area contributed by atoms with Gasteiger partial charge in [-0.1, -0.05) is 18.1 Å². The average Bonchev–Trinajstić information content (AvgIpc) is 2.88. The lowest BCUT2D eigenvalue weighted by Crippen LogP contribution is -2.04. The Morgan fingerprint density at radius 3 is 2.75 bits per heavy atom. The molecule has 0 radical (unpaired) electrons. The van der Waals surface area contributed by atoms with E-state index >= 15 is 0 Å². The standard InChI is InChI=1S/C15H20N2O3/c1-3-6-18-14-5-4-12(9-16)15(8-14)19-10-13-7-11(2)20-17-13/h4-5,7-8H,3,6,9-10,16H2,1-2H3. The van der Waals surface area contributed by atoms with Crippen LogP contribution in [0.1, 0.15) is 30.4 Å². The van der Waals surface area contributed by atoms with E-state index in [1.54, 1.807) is 0 Å². The molecule has 1 heterocycles. The molecule has 0 atom stereocenters. The molecule has 0 saturated carbocycles. The number of ether oxygens (including phenoxy) is 2. The van der Waals surface area contributed by atoms with Gasteiger partial charge in [-0.05, 0) is 19.4 Å². The summed E-state index contributed by atoms with van der Waals surface area (Å²) in [6.07, 6.45) is 0.965. The van der Waals surface area contributed by atoms with Crippen LogP contribution in [0, 0.1) is 6.92 Å². The third-order valence-electron chi connectivity index (χ3n) is 2.78. The number of nitrogens with zero attached hydrogens (tertiary/aromatic N) is 1. The molecule has 1 aromatic carbocycles. The smallest absolute Gasteiger partial charge is 0.134 e. The SMILES string of the molecule is CCCOc1ccc(CN)c(OCc2cc(C)on2)c1. The van der Waals surface area contributed by atoms with Crippen LogP contribution in [-0.2, 0) is 13.2 Å². The van der Waals surface area contributed by atoms with E-state index < -0.39 is 0 Å². The highest BCUT2D eigenvalue weighted by molar-refractivity contribution is 5.40. The summed E-state index contributed by atoms with van der Waals surface area (Å²) in [6.45, 7) is 5.37. The van der Waals surface area contributed by atoms with Crippen LogP contribution in [0.2, 0.25) is 0 Å². The van der Waals surface area contributed by atoms with E-state index in [2.05, 4.69) is 12.1 Å². The summed E-state index contributed by atoms with van der Waals surface area (Å²) in [5, 5.41) is 3.90. The zero-order chi connectivity index (χ0) is 14.4. The van der Waals surface area contributed by atoms with E-state index in [0.29, 0.717) is 19.8 Å². The number of rotatable bonds is 7. The summed E-state index contributed by atoms with van der Waals surface area (Å²) < 4.78 is 16.4. The van der Waals surface area contributed by atoms with Crippen molar-refractivity contribution in [1.82, 2.24) is 5.16 Å². The quantitative estimate of drug-likeness (QED) is 0.842. The Balaban J connectivity index is 2.07. The fourth-order valence-corrected chi connectivity index (χ4v) is 1.79. The molecule has 0 amide bonds. The van der Waals surface area contributed by atoms with Gasteiger partial charge in [0.15, 0.2) is 0 Å². The van der Waals surface area contributed by atoms with E-state index in [4.69, 9.17) is 19.7 Å². The van der Waals surface area contributed by atoms with Crippen molar-refractivity contribution < 1.29 is 14.0 Å². The molecule has 0 saturated heterocycles. The Hall–Kier alpha value is -2.01. The van der Waals surface area contributed by atoms with Crippen molar-refractivity contribution in [2.24, 2.45) is 5.73 Å². The molecule has 0 aliphatic rings. The Bertz CT molecular complexity index is 552. The third kappa shape index (κ3) is 3.74. The van der Waals surface area contributed by atoms with Crippen LogP contribution < -0.4 is 15.2 Å². The van der Waals surface area contributed by atoms with Crippen LogP contribution in [0.4, 0.5) is 0 Å². The van der Waals surface area contributed by atoms with Gasteiger partial charge in [0.1, 0.15) is 29.6 Å². The molecule has 5 nitrogen and oxygen atoms in total. The van der Waals surface area contributed by atoms with E-state index in [9.17, 15) is 0 Å². The highest BCUT2D eigenvalue weighted by Crippen LogP contribution is 2.25. The first-order chi connectivity index (χ1) is 9.72. The largest absolute Gasteiger partial charge is 0.493 e. The van der Waals surface area contributed by atoms with Crippen molar-refractivity contribution >= 4 is 0 Å². The van der Waals surface area contributed by atoms with Gasteiger partial charge < -0.3 is 19.7 Å². The van der Waals surface area contributed by atoms with Gasteiger partial charge in [-0.25, -0.2) is 0 Å². The van der Waals surface area contributed by atoms with E-state index in [0.717, 1.165) is 34.9 Å². The molecule has 0 bridgehead atoms. The molecule has 5 heteroatoms. The normalized spacial score (nSPS) is 10.6. The molecule has 2 N–H and O–H groups in total. The second-order valence-corrected chi connectivity index (χ2v) is 4.54. The topological polar surface area (TPSA) is 70.5 Å². The van der Waals surface area contributed by atoms with Gasteiger partial charge >= 0.3 is 0 Å². The zero-order valence-corrected chi connectivity index (χ0v) is 11.9. The summed E-state index contributed by atoms with van der Waals surface area (Å²) >= 11 is 0. The Morgan fingerprint density at radius 2 is 2.10 bits per heavy atom. The molecule has 20 heavy (non-hydrogen) atoms. The first-order valence-corrected chi connectivity index (χ1v) is 6.73. The Labute approximate surface area is 118 Å². The fourth-order valence-electron chi connectivity index (χ4n) is 1.79. The van der Waals surface area contributed by atoms with Gasteiger partial charge in [0, 0.05) is 24.2 Å². The van der Waals surface area contributed by atoms with Gasteiger partial charge in [-0.3, -0.25) is 0 Å². The maximum atomic E-state index is 5.77. The van der Waals surface area contributed by atoms with Crippen LogP contribution in [0.5, 0.6) is 11.5 Å². The van der Waals surface area contributed by atoms with Gasteiger partial charge in [-0.2, -0.15) is 0 Å². The molecule has 0 unspecified atom stereocenters. The number of aromatic nitrogens is 1. The van der Waals surface area contributed by atoms with E-state index in [-0.39, 0.29) is 0 Å². The molecule has 0 aliphatic carbocycles. The van der Waals surface area contributed by atoms with Crippen LogP contribution >= 0.6 is 0 Å². The molecular formula is C15H20N2O3. The van der Waals surface area contributed by atoms with Gasteiger partial charge in [0.05, 0.1) is 6.61 Å². The summed E-state index contributed by atoms with van der Waals surface area (Å²) in [7, 11) is 0. The third-order valence-corrected chi connectivity index (χ3v) is 2.78. The average molecular weight is 276 g/mol. The van der Waals surface area contributed by atoms with Crippen molar-refractivity contribution in [2.45, 2.75) is 33.4 Å². The van der Waals surface area contributed by atoms with E-state index in [1.807, 2.05) is 31.2 Å². The maximum Gasteiger partial charge on any atom is 0.134 e. The summed E-state index contributed by atoms with van der Waals surface area (Å²) in [5.41, 5.74) is 7.41. The van der Waals surface area contributed by atoms with Crippen molar-refractivity contribution in [2.75, 3.05) is 6.61 Å². The number of hydrogen-bond donors (Lipinski definition) is 1. The van der Waals surface area contributed by atoms with Crippen LogP contribution in [0.25, 0.3) is 0 Å². The number of benzene rings is 1.